The SMILES string of the molecule is CCC(CC)Nc1ccc(OCOc2ccc(NC(CC)CC)cc2)cc1. The zero-order valence-corrected chi connectivity index (χ0v) is 17.1. The maximum atomic E-state index is 5.69. The average molecular weight is 371 g/mol. The lowest BCUT2D eigenvalue weighted by atomic mass is 10.1. The first-order valence-electron chi connectivity index (χ1n) is 10.2. The standard InChI is InChI=1S/C23H34N2O2/c1-5-18(6-2)24-20-9-13-22(14-10-20)26-17-27-23-15-11-21(12-16-23)25-19(7-3)8-4/h9-16,18-19,24-25H,5-8,17H2,1-4H3. The number of nitrogens with one attached hydrogen (secondary N) is 2. The topological polar surface area (TPSA) is 42.5 Å². The van der Waals surface area contributed by atoms with Gasteiger partial charge in [0.1, 0.15) is 11.5 Å². The molecule has 0 bridgehead atoms. The molecule has 0 aliphatic heterocycles. The van der Waals surface area contributed by atoms with Crippen molar-refractivity contribution in [2.24, 2.45) is 0 Å². The van der Waals surface area contributed by atoms with Gasteiger partial charge in [-0.2, -0.15) is 0 Å². The first-order valence-corrected chi connectivity index (χ1v) is 10.2. The van der Waals surface area contributed by atoms with E-state index in [-0.39, 0.29) is 6.79 Å². The van der Waals surface area contributed by atoms with Crippen molar-refractivity contribution in [3.63, 3.8) is 0 Å². The molecule has 0 heterocycles. The third kappa shape index (κ3) is 7.05. The van der Waals surface area contributed by atoms with E-state index in [1.807, 2.05) is 48.5 Å². The van der Waals surface area contributed by atoms with Crippen molar-refractivity contribution in [3.8, 4) is 11.5 Å². The van der Waals surface area contributed by atoms with Crippen molar-refractivity contribution in [2.45, 2.75) is 65.5 Å². The van der Waals surface area contributed by atoms with E-state index in [2.05, 4.69) is 38.3 Å². The smallest absolute Gasteiger partial charge is 0.230 e. The first kappa shape index (κ1) is 20.9. The molecule has 0 saturated carbocycles. The molecule has 0 amide bonds. The third-order valence-corrected chi connectivity index (χ3v) is 4.87. The number of ether oxygens (including phenoxy) is 2. The molecule has 0 aromatic heterocycles. The molecule has 0 saturated heterocycles. The molecule has 4 heteroatoms. The second-order valence-electron chi connectivity index (χ2n) is 6.77. The Balaban J connectivity index is 1.77. The minimum absolute atomic E-state index is 0.193. The number of hydrogen-bond acceptors (Lipinski definition) is 4. The monoisotopic (exact) mass is 370 g/mol. The van der Waals surface area contributed by atoms with E-state index in [0.29, 0.717) is 12.1 Å². The van der Waals surface area contributed by atoms with Crippen LogP contribution in [0.2, 0.25) is 0 Å². The fourth-order valence-electron chi connectivity index (χ4n) is 2.92. The normalized spacial score (nSPS) is 10.9. The minimum Gasteiger partial charge on any atom is -0.458 e. The molecule has 4 nitrogen and oxygen atoms in total. The van der Waals surface area contributed by atoms with E-state index < -0.39 is 0 Å². The van der Waals surface area contributed by atoms with Crippen LogP contribution in [0, 0.1) is 0 Å². The molecular formula is C23H34N2O2. The molecule has 0 fully saturated rings. The van der Waals surface area contributed by atoms with Crippen LogP contribution >= 0.6 is 0 Å². The van der Waals surface area contributed by atoms with Crippen LogP contribution in [0.25, 0.3) is 0 Å². The highest BCUT2D eigenvalue weighted by atomic mass is 16.7. The predicted octanol–water partition coefficient (Wildman–Crippen LogP) is 6.30. The number of anilines is 2. The van der Waals surface area contributed by atoms with Crippen molar-refractivity contribution >= 4 is 11.4 Å². The van der Waals surface area contributed by atoms with E-state index in [1.165, 1.54) is 0 Å². The lowest BCUT2D eigenvalue weighted by molar-refractivity contribution is 0.120. The second-order valence-corrected chi connectivity index (χ2v) is 6.77. The van der Waals surface area contributed by atoms with E-state index in [0.717, 1.165) is 48.6 Å². The Morgan fingerprint density at radius 2 is 0.926 bits per heavy atom. The lowest BCUT2D eigenvalue weighted by Gasteiger charge is -2.17. The summed E-state index contributed by atoms with van der Waals surface area (Å²) in [7, 11) is 0. The zero-order chi connectivity index (χ0) is 19.5. The molecule has 0 spiro atoms. The van der Waals surface area contributed by atoms with Crippen LogP contribution in [0.5, 0.6) is 11.5 Å². The van der Waals surface area contributed by atoms with E-state index >= 15 is 0 Å². The zero-order valence-electron chi connectivity index (χ0n) is 17.1. The summed E-state index contributed by atoms with van der Waals surface area (Å²) in [6, 6.07) is 17.1. The van der Waals surface area contributed by atoms with Crippen molar-refractivity contribution in [1.82, 2.24) is 0 Å². The van der Waals surface area contributed by atoms with Crippen molar-refractivity contribution < 1.29 is 9.47 Å². The Hall–Kier alpha value is -2.36. The van der Waals surface area contributed by atoms with E-state index in [4.69, 9.17) is 9.47 Å². The first-order chi connectivity index (χ1) is 13.2. The minimum atomic E-state index is 0.193. The molecule has 2 aromatic carbocycles. The molecule has 2 N–H and O–H groups in total. The van der Waals surface area contributed by atoms with E-state index in [9.17, 15) is 0 Å². The molecule has 2 rings (SSSR count). The second kappa shape index (κ2) is 11.4. The quantitative estimate of drug-likeness (QED) is 0.430. The molecule has 0 radical (unpaired) electrons. The Kier molecular flexibility index (Phi) is 8.82. The fourth-order valence-corrected chi connectivity index (χ4v) is 2.92. The molecule has 27 heavy (non-hydrogen) atoms. The Labute approximate surface area is 164 Å². The maximum absolute atomic E-state index is 5.69. The Bertz CT molecular complexity index is 575. The predicted molar refractivity (Wildman–Crippen MR) is 115 cm³/mol. The summed E-state index contributed by atoms with van der Waals surface area (Å²) in [6.45, 7) is 8.99. The largest absolute Gasteiger partial charge is 0.458 e. The van der Waals surface area contributed by atoms with Crippen LogP contribution in [0.3, 0.4) is 0 Å². The molecule has 0 aliphatic carbocycles. The summed E-state index contributed by atoms with van der Waals surface area (Å²) in [5.74, 6) is 1.61. The van der Waals surface area contributed by atoms with Crippen LogP contribution in [0.1, 0.15) is 53.4 Å². The highest BCUT2D eigenvalue weighted by Gasteiger charge is 2.04. The van der Waals surface area contributed by atoms with Gasteiger partial charge >= 0.3 is 0 Å². The van der Waals surface area contributed by atoms with Crippen LogP contribution in [-0.2, 0) is 0 Å². The fraction of sp³-hybridized carbons (Fsp3) is 0.478. The lowest BCUT2D eigenvalue weighted by Crippen LogP contribution is -2.16. The van der Waals surface area contributed by atoms with Gasteiger partial charge in [0.15, 0.2) is 0 Å². The highest BCUT2D eigenvalue weighted by molar-refractivity contribution is 5.48. The molecule has 0 unspecified atom stereocenters. The summed E-state index contributed by atoms with van der Waals surface area (Å²) >= 11 is 0. The summed E-state index contributed by atoms with van der Waals surface area (Å²) in [5.41, 5.74) is 2.25. The van der Waals surface area contributed by atoms with Gasteiger partial charge in [0.25, 0.3) is 0 Å². The maximum Gasteiger partial charge on any atom is 0.230 e. The average Bonchev–Trinajstić information content (AvgIpc) is 2.72. The van der Waals surface area contributed by atoms with Crippen LogP contribution < -0.4 is 20.1 Å². The van der Waals surface area contributed by atoms with Gasteiger partial charge in [0.05, 0.1) is 0 Å². The van der Waals surface area contributed by atoms with Gasteiger partial charge in [-0.1, -0.05) is 27.7 Å². The van der Waals surface area contributed by atoms with Crippen LogP contribution in [0.4, 0.5) is 11.4 Å². The van der Waals surface area contributed by atoms with Crippen molar-refractivity contribution in [2.75, 3.05) is 17.4 Å². The summed E-state index contributed by atoms with van der Waals surface area (Å²) in [5, 5.41) is 7.04. The Morgan fingerprint density at radius 3 is 1.22 bits per heavy atom. The molecule has 148 valence electrons. The van der Waals surface area contributed by atoms with Crippen molar-refractivity contribution in [1.29, 1.82) is 0 Å². The summed E-state index contributed by atoms with van der Waals surface area (Å²) in [6.07, 6.45) is 4.48. The van der Waals surface area contributed by atoms with Crippen molar-refractivity contribution in [3.05, 3.63) is 48.5 Å². The van der Waals surface area contributed by atoms with Gasteiger partial charge in [0.2, 0.25) is 6.79 Å². The van der Waals surface area contributed by atoms with Gasteiger partial charge in [-0.3, -0.25) is 0 Å². The molecule has 0 aliphatic rings. The van der Waals surface area contributed by atoms with Crippen LogP contribution in [-0.4, -0.2) is 18.9 Å². The van der Waals surface area contributed by atoms with E-state index in [1.54, 1.807) is 0 Å². The summed E-state index contributed by atoms with van der Waals surface area (Å²) in [4.78, 5) is 0. The molecule has 0 atom stereocenters. The Morgan fingerprint density at radius 1 is 0.593 bits per heavy atom. The van der Waals surface area contributed by atoms with Gasteiger partial charge < -0.3 is 20.1 Å². The molecule has 2 aromatic rings. The number of hydrogen-bond donors (Lipinski definition) is 2. The van der Waals surface area contributed by atoms with Crippen LogP contribution in [0.15, 0.2) is 48.5 Å². The highest BCUT2D eigenvalue weighted by Crippen LogP contribution is 2.20. The number of rotatable bonds is 12. The third-order valence-electron chi connectivity index (χ3n) is 4.87. The van der Waals surface area contributed by atoms with Gasteiger partial charge in [0, 0.05) is 23.5 Å². The van der Waals surface area contributed by atoms with Gasteiger partial charge in [-0.05, 0) is 74.2 Å². The number of benzene rings is 2. The molecular weight excluding hydrogens is 336 g/mol. The van der Waals surface area contributed by atoms with Gasteiger partial charge in [-0.15, -0.1) is 0 Å². The van der Waals surface area contributed by atoms with Gasteiger partial charge in [-0.25, -0.2) is 0 Å². The summed E-state index contributed by atoms with van der Waals surface area (Å²) < 4.78 is 11.4.